The molecule has 0 saturated heterocycles. The molecule has 0 radical (unpaired) electrons. The van der Waals surface area contributed by atoms with Crippen LogP contribution in [-0.4, -0.2) is 82.3 Å². The lowest BCUT2D eigenvalue weighted by atomic mass is 10.1. The van der Waals surface area contributed by atoms with Gasteiger partial charge in [-0.15, -0.1) is 0 Å². The summed E-state index contributed by atoms with van der Waals surface area (Å²) in [6.07, 6.45) is 46.5. The predicted molar refractivity (Wildman–Crippen MR) is 247 cm³/mol. The van der Waals surface area contributed by atoms with Crippen molar-refractivity contribution >= 4 is 25.7 Å². The molecule has 0 aliphatic carbocycles. The van der Waals surface area contributed by atoms with Gasteiger partial charge in [0.1, 0.15) is 12.6 Å². The van der Waals surface area contributed by atoms with Gasteiger partial charge in [-0.1, -0.05) is 149 Å². The second kappa shape index (κ2) is 41.1. The molecule has 0 aliphatic heterocycles. The van der Waals surface area contributed by atoms with Crippen LogP contribution in [0.15, 0.2) is 109 Å². The molecule has 0 aromatic carbocycles. The number of aliphatic hydroxyl groups excluding tert-OH is 2. The van der Waals surface area contributed by atoms with E-state index in [0.717, 1.165) is 51.4 Å². The number of aliphatic hydroxyl groups is 2. The smallest absolute Gasteiger partial charge is 0.472 e. The van der Waals surface area contributed by atoms with E-state index in [4.69, 9.17) is 24.8 Å². The van der Waals surface area contributed by atoms with Crippen molar-refractivity contribution in [1.29, 1.82) is 0 Å². The van der Waals surface area contributed by atoms with E-state index in [1.807, 2.05) is 49.5 Å². The Hall–Kier alpha value is -3.94. The van der Waals surface area contributed by atoms with Gasteiger partial charge in [-0.2, -0.15) is 0 Å². The quantitative estimate of drug-likeness (QED) is 0.0128. The maximum atomic E-state index is 12.6. The van der Waals surface area contributed by atoms with E-state index < -0.39 is 69.9 Å². The molecule has 0 spiro atoms. The summed E-state index contributed by atoms with van der Waals surface area (Å²) in [5.41, 5.74) is 5.32. The first-order chi connectivity index (χ1) is 29.9. The number of carboxylic acid groups (broad SMARTS) is 1. The SMILES string of the molecule is CC/C=C\C[C@H](O)/C=C/C=C\C/C=C\C=C\[C@H](O)/C=C\CCCC(=O)O[C@H](COC(=O)CCCCCC/C=C\C/C=C\C/C=C\CCCCC)COP(=O)(O)OC[C@H](N)C(=O)O. The van der Waals surface area contributed by atoms with Crippen molar-refractivity contribution < 1.29 is 57.7 Å². The van der Waals surface area contributed by atoms with Gasteiger partial charge >= 0.3 is 25.7 Å². The fraction of sp³-hybridized carbons (Fsp3) is 0.562. The minimum atomic E-state index is -4.79. The Kier molecular flexibility index (Phi) is 38.5. The number of phosphoric acid groups is 1. The highest BCUT2D eigenvalue weighted by Crippen LogP contribution is 2.43. The molecule has 0 rings (SSSR count). The van der Waals surface area contributed by atoms with Crippen molar-refractivity contribution in [3.8, 4) is 0 Å². The summed E-state index contributed by atoms with van der Waals surface area (Å²) in [4.78, 5) is 46.0. The summed E-state index contributed by atoms with van der Waals surface area (Å²) in [6, 6.07) is -1.57. The van der Waals surface area contributed by atoms with Gasteiger partial charge < -0.3 is 35.4 Å². The second-order valence-electron chi connectivity index (χ2n) is 14.5. The Bertz CT molecular complexity index is 1500. The van der Waals surface area contributed by atoms with Crippen LogP contribution in [0, 0.1) is 0 Å². The molecule has 0 amide bonds. The van der Waals surface area contributed by atoms with Gasteiger partial charge in [0.05, 0.1) is 25.4 Å². The predicted octanol–water partition coefficient (Wildman–Crippen LogP) is 9.78. The zero-order valence-electron chi connectivity index (χ0n) is 37.1. The minimum absolute atomic E-state index is 0.0372. The summed E-state index contributed by atoms with van der Waals surface area (Å²) in [6.45, 7) is 2.34. The number of hydrogen-bond acceptors (Lipinski definition) is 11. The molecule has 6 N–H and O–H groups in total. The van der Waals surface area contributed by atoms with Crippen molar-refractivity contribution in [3.05, 3.63) is 109 Å². The van der Waals surface area contributed by atoms with Gasteiger partial charge in [-0.3, -0.25) is 23.4 Å². The van der Waals surface area contributed by atoms with Crippen molar-refractivity contribution in [1.82, 2.24) is 0 Å². The number of aliphatic carboxylic acids is 1. The van der Waals surface area contributed by atoms with Crippen LogP contribution in [-0.2, 0) is 37.5 Å². The van der Waals surface area contributed by atoms with E-state index in [2.05, 4.69) is 47.9 Å². The number of phosphoric ester groups is 1. The number of carboxylic acids is 1. The van der Waals surface area contributed by atoms with E-state index in [1.165, 1.54) is 19.3 Å². The number of nitrogens with two attached hydrogens (primary N) is 1. The average Bonchev–Trinajstić information content (AvgIpc) is 3.24. The molecule has 350 valence electrons. The van der Waals surface area contributed by atoms with E-state index in [1.54, 1.807) is 30.4 Å². The normalized spacial score (nSPS) is 15.7. The number of unbranched alkanes of at least 4 members (excludes halogenated alkanes) is 8. The zero-order chi connectivity index (χ0) is 45.9. The van der Waals surface area contributed by atoms with E-state index >= 15 is 0 Å². The zero-order valence-corrected chi connectivity index (χ0v) is 38.0. The van der Waals surface area contributed by atoms with E-state index in [0.29, 0.717) is 32.1 Å². The van der Waals surface area contributed by atoms with Crippen LogP contribution in [0.25, 0.3) is 0 Å². The van der Waals surface area contributed by atoms with Gasteiger partial charge in [-0.25, -0.2) is 4.57 Å². The third kappa shape index (κ3) is 40.2. The number of hydrogen-bond donors (Lipinski definition) is 5. The van der Waals surface area contributed by atoms with E-state index in [-0.39, 0.29) is 12.8 Å². The maximum absolute atomic E-state index is 12.6. The Labute approximate surface area is 371 Å². The molecule has 0 fully saturated rings. The number of carbonyl (C=O) groups is 3. The van der Waals surface area contributed by atoms with Crippen molar-refractivity contribution in [2.75, 3.05) is 19.8 Å². The molecule has 0 bridgehead atoms. The topological polar surface area (TPSA) is 212 Å². The molecule has 14 heteroatoms. The minimum Gasteiger partial charge on any atom is -0.480 e. The molecular weight excluding hydrogens is 813 g/mol. The average molecular weight is 890 g/mol. The van der Waals surface area contributed by atoms with Crippen LogP contribution >= 0.6 is 7.82 Å². The Morgan fingerprint density at radius 1 is 0.613 bits per heavy atom. The molecule has 13 nitrogen and oxygen atoms in total. The molecule has 0 saturated carbocycles. The first-order valence-electron chi connectivity index (χ1n) is 22.1. The van der Waals surface area contributed by atoms with Crippen LogP contribution in [0.3, 0.4) is 0 Å². The van der Waals surface area contributed by atoms with Crippen LogP contribution in [0.2, 0.25) is 0 Å². The van der Waals surface area contributed by atoms with Gasteiger partial charge in [-0.05, 0) is 77.0 Å². The lowest BCUT2D eigenvalue weighted by Gasteiger charge is -2.20. The Morgan fingerprint density at radius 3 is 1.85 bits per heavy atom. The van der Waals surface area contributed by atoms with Gasteiger partial charge in [0, 0.05) is 12.8 Å². The highest BCUT2D eigenvalue weighted by molar-refractivity contribution is 7.47. The highest BCUT2D eigenvalue weighted by Gasteiger charge is 2.28. The summed E-state index contributed by atoms with van der Waals surface area (Å²) in [5, 5.41) is 28.9. The number of carbonyl (C=O) groups excluding carboxylic acids is 2. The molecule has 0 aromatic heterocycles. The maximum Gasteiger partial charge on any atom is 0.472 e. The first kappa shape index (κ1) is 58.1. The van der Waals surface area contributed by atoms with E-state index in [9.17, 15) is 34.1 Å². The first-order valence-corrected chi connectivity index (χ1v) is 23.6. The van der Waals surface area contributed by atoms with Gasteiger partial charge in [0.2, 0.25) is 0 Å². The number of esters is 2. The molecule has 0 aromatic rings. The van der Waals surface area contributed by atoms with Crippen molar-refractivity contribution in [2.24, 2.45) is 5.73 Å². The molecule has 0 heterocycles. The Balaban J connectivity index is 4.68. The fourth-order valence-corrected chi connectivity index (χ4v) is 5.94. The van der Waals surface area contributed by atoms with Crippen molar-refractivity contribution in [3.63, 3.8) is 0 Å². The van der Waals surface area contributed by atoms with Crippen molar-refractivity contribution in [2.45, 2.75) is 154 Å². The lowest BCUT2D eigenvalue weighted by molar-refractivity contribution is -0.161. The van der Waals surface area contributed by atoms with Gasteiger partial charge in [0.15, 0.2) is 6.10 Å². The van der Waals surface area contributed by atoms with Crippen LogP contribution in [0.5, 0.6) is 0 Å². The number of ether oxygens (including phenoxy) is 2. The second-order valence-corrected chi connectivity index (χ2v) is 15.9. The molecule has 62 heavy (non-hydrogen) atoms. The third-order valence-electron chi connectivity index (χ3n) is 8.68. The van der Waals surface area contributed by atoms with Crippen LogP contribution in [0.1, 0.15) is 129 Å². The molecular formula is C48H76NO12P. The number of rotatable bonds is 39. The van der Waals surface area contributed by atoms with Crippen LogP contribution in [0.4, 0.5) is 0 Å². The highest BCUT2D eigenvalue weighted by atomic mass is 31.2. The van der Waals surface area contributed by atoms with Gasteiger partial charge in [0.25, 0.3) is 0 Å². The van der Waals surface area contributed by atoms with Crippen LogP contribution < -0.4 is 5.73 Å². The largest absolute Gasteiger partial charge is 0.480 e. The summed E-state index contributed by atoms with van der Waals surface area (Å²) in [7, 11) is -4.79. The fourth-order valence-electron chi connectivity index (χ4n) is 5.16. The molecule has 1 unspecified atom stereocenters. The standard InChI is InChI=1S/C48H76NO12P/c1-3-5-7-8-9-10-11-12-13-14-15-16-17-18-22-25-31-37-46(52)58-39-44(40-59-62(56,57)60-41-45(49)48(54)55)61-47(53)38-32-26-30-36-43(51)35-29-24-21-19-20-23-28-34-42(50)33-27-6-4-2/h6,9-10,12-13,15-16,20-21,23-24,27-30,34-36,42-45,50-51H,3-5,7-8,11,14,17-19,22,25-26,31-33,37-41,49H2,1-2H3,(H,54,55)(H,56,57)/b10-9-,13-12-,16-15-,23-20-,24-21-,27-6-,34-28+,35-29+,36-30-/t42-,43-,44+,45-/m0/s1. The summed E-state index contributed by atoms with van der Waals surface area (Å²) in [5.74, 6) is -2.64. The summed E-state index contributed by atoms with van der Waals surface area (Å²) >= 11 is 0. The monoisotopic (exact) mass is 890 g/mol. The molecule has 5 atom stereocenters. The molecule has 0 aliphatic rings. The lowest BCUT2D eigenvalue weighted by Crippen LogP contribution is -2.34. The number of allylic oxidation sites excluding steroid dienone is 14. The third-order valence-corrected chi connectivity index (χ3v) is 9.63. The Morgan fingerprint density at radius 2 is 1.19 bits per heavy atom. The summed E-state index contributed by atoms with van der Waals surface area (Å²) < 4.78 is 32.5.